The topological polar surface area (TPSA) is 97.3 Å². The van der Waals surface area contributed by atoms with Crippen LogP contribution in [0.15, 0.2) is 79.3 Å². The molecule has 0 aliphatic carbocycles. The Labute approximate surface area is 201 Å². The molecule has 170 valence electrons. The Morgan fingerprint density at radius 1 is 0.971 bits per heavy atom. The van der Waals surface area contributed by atoms with Crippen LogP contribution in [0.2, 0.25) is 0 Å². The molecule has 0 fully saturated rings. The SMILES string of the molecule is Cn1c(=O)c2c(-c3ccccc3)n3c(c2n(C)c1=O)C(c1ccc(Br)o1)Oc1ccc(N)cc1-3. The number of benzene rings is 2. The molecule has 0 radical (unpaired) electrons. The molecule has 0 spiro atoms. The second-order valence-corrected chi connectivity index (χ2v) is 9.01. The molecule has 1 aliphatic rings. The van der Waals surface area contributed by atoms with Gasteiger partial charge in [0.25, 0.3) is 5.56 Å². The van der Waals surface area contributed by atoms with E-state index in [0.717, 1.165) is 10.1 Å². The number of hydrogen-bond donors (Lipinski definition) is 1. The van der Waals surface area contributed by atoms with Crippen molar-refractivity contribution in [1.29, 1.82) is 0 Å². The summed E-state index contributed by atoms with van der Waals surface area (Å²) in [5.41, 5.74) is 9.16. The molecule has 0 saturated heterocycles. The van der Waals surface area contributed by atoms with Crippen LogP contribution < -0.4 is 21.7 Å². The van der Waals surface area contributed by atoms with Crippen LogP contribution in [0.3, 0.4) is 0 Å². The highest BCUT2D eigenvalue weighted by Gasteiger charge is 2.37. The van der Waals surface area contributed by atoms with Crippen molar-refractivity contribution in [3.63, 3.8) is 0 Å². The number of halogens is 1. The molecule has 34 heavy (non-hydrogen) atoms. The van der Waals surface area contributed by atoms with Gasteiger partial charge in [-0.3, -0.25) is 13.9 Å². The first-order valence-electron chi connectivity index (χ1n) is 10.6. The fraction of sp³-hybridized carbons (Fsp3) is 0.120. The van der Waals surface area contributed by atoms with Gasteiger partial charge in [0.2, 0.25) is 0 Å². The fourth-order valence-corrected chi connectivity index (χ4v) is 5.03. The quantitative estimate of drug-likeness (QED) is 0.354. The molecule has 0 bridgehead atoms. The summed E-state index contributed by atoms with van der Waals surface area (Å²) >= 11 is 3.36. The van der Waals surface area contributed by atoms with Gasteiger partial charge in [0.15, 0.2) is 16.5 Å². The van der Waals surface area contributed by atoms with E-state index in [2.05, 4.69) is 15.9 Å². The summed E-state index contributed by atoms with van der Waals surface area (Å²) in [6.45, 7) is 0. The number of anilines is 1. The molecule has 0 amide bonds. The van der Waals surface area contributed by atoms with Crippen LogP contribution in [0.4, 0.5) is 5.69 Å². The molecule has 3 aromatic heterocycles. The number of ether oxygens (including phenoxy) is 1. The number of nitrogens with zero attached hydrogens (tertiary/aromatic N) is 3. The van der Waals surface area contributed by atoms with E-state index >= 15 is 0 Å². The van der Waals surface area contributed by atoms with Crippen LogP contribution in [0.5, 0.6) is 5.75 Å². The van der Waals surface area contributed by atoms with Crippen molar-refractivity contribution < 1.29 is 9.15 Å². The van der Waals surface area contributed by atoms with Crippen LogP contribution >= 0.6 is 15.9 Å². The maximum absolute atomic E-state index is 13.6. The summed E-state index contributed by atoms with van der Waals surface area (Å²) in [6.07, 6.45) is -0.708. The number of aromatic nitrogens is 3. The normalized spacial score (nSPS) is 14.6. The van der Waals surface area contributed by atoms with E-state index in [-0.39, 0.29) is 5.56 Å². The number of aryl methyl sites for hydroxylation is 1. The third-order valence-corrected chi connectivity index (χ3v) is 6.65. The number of nitrogens with two attached hydrogens (primary N) is 1. The van der Waals surface area contributed by atoms with Crippen LogP contribution in [0.25, 0.3) is 27.8 Å². The third-order valence-electron chi connectivity index (χ3n) is 6.23. The summed E-state index contributed by atoms with van der Waals surface area (Å²) < 4.78 is 17.4. The Balaban J connectivity index is 1.89. The molecular weight excluding hydrogens is 500 g/mol. The van der Waals surface area contributed by atoms with Gasteiger partial charge in [-0.15, -0.1) is 0 Å². The van der Waals surface area contributed by atoms with Crippen molar-refractivity contribution in [1.82, 2.24) is 13.7 Å². The largest absolute Gasteiger partial charge is 0.474 e. The number of hydrogen-bond acceptors (Lipinski definition) is 5. The van der Waals surface area contributed by atoms with E-state index in [1.165, 1.54) is 11.6 Å². The molecule has 0 saturated carbocycles. The van der Waals surface area contributed by atoms with Crippen molar-refractivity contribution >= 4 is 32.5 Å². The first kappa shape index (κ1) is 20.6. The molecule has 2 aromatic carbocycles. The molecule has 1 unspecified atom stereocenters. The molecular formula is C25H19BrN4O4. The van der Waals surface area contributed by atoms with Crippen molar-refractivity contribution in [2.75, 3.05) is 5.73 Å². The van der Waals surface area contributed by atoms with E-state index in [1.54, 1.807) is 31.3 Å². The average molecular weight is 519 g/mol. The molecule has 9 heteroatoms. The second-order valence-electron chi connectivity index (χ2n) is 8.23. The van der Waals surface area contributed by atoms with Crippen LogP contribution in [0.1, 0.15) is 17.6 Å². The smallest absolute Gasteiger partial charge is 0.331 e. The lowest BCUT2D eigenvalue weighted by Crippen LogP contribution is -2.37. The second kappa shape index (κ2) is 7.26. The third kappa shape index (κ3) is 2.76. The maximum atomic E-state index is 13.6. The average Bonchev–Trinajstić information content (AvgIpc) is 3.43. The summed E-state index contributed by atoms with van der Waals surface area (Å²) in [4.78, 5) is 26.6. The minimum atomic E-state index is -0.708. The van der Waals surface area contributed by atoms with E-state index in [1.807, 2.05) is 41.0 Å². The van der Waals surface area contributed by atoms with Crippen molar-refractivity contribution in [3.05, 3.63) is 97.6 Å². The molecule has 5 aromatic rings. The van der Waals surface area contributed by atoms with Crippen molar-refractivity contribution in [2.24, 2.45) is 14.1 Å². The van der Waals surface area contributed by atoms with Gasteiger partial charge in [0, 0.05) is 19.8 Å². The van der Waals surface area contributed by atoms with Gasteiger partial charge in [-0.05, 0) is 51.8 Å². The molecule has 6 rings (SSSR count). The molecule has 1 atom stereocenters. The minimum absolute atomic E-state index is 0.385. The highest BCUT2D eigenvalue weighted by atomic mass is 79.9. The predicted octanol–water partition coefficient (Wildman–Crippen LogP) is 4.11. The Hall–Kier alpha value is -3.98. The number of fused-ring (bicyclic) bond motifs is 5. The van der Waals surface area contributed by atoms with E-state index < -0.39 is 11.8 Å². The Morgan fingerprint density at radius 2 is 1.74 bits per heavy atom. The number of furan rings is 1. The lowest BCUT2D eigenvalue weighted by molar-refractivity contribution is 0.197. The zero-order valence-electron chi connectivity index (χ0n) is 18.3. The van der Waals surface area contributed by atoms with Crippen molar-refractivity contribution in [3.8, 4) is 22.7 Å². The first-order valence-corrected chi connectivity index (χ1v) is 11.4. The van der Waals surface area contributed by atoms with Crippen LogP contribution in [0, 0.1) is 0 Å². The van der Waals surface area contributed by atoms with Gasteiger partial charge in [-0.1, -0.05) is 30.3 Å². The number of rotatable bonds is 2. The summed E-state index contributed by atoms with van der Waals surface area (Å²) in [7, 11) is 3.14. The molecule has 8 nitrogen and oxygen atoms in total. The van der Waals surface area contributed by atoms with E-state index in [9.17, 15) is 9.59 Å². The lowest BCUT2D eigenvalue weighted by atomic mass is 10.1. The van der Waals surface area contributed by atoms with E-state index in [4.69, 9.17) is 14.9 Å². The van der Waals surface area contributed by atoms with Crippen molar-refractivity contribution in [2.45, 2.75) is 6.10 Å². The number of nitrogen functional groups attached to an aromatic ring is 1. The summed E-state index contributed by atoms with van der Waals surface area (Å²) in [5.74, 6) is 1.11. The summed E-state index contributed by atoms with van der Waals surface area (Å²) in [6, 6.07) is 18.6. The summed E-state index contributed by atoms with van der Waals surface area (Å²) in [5, 5.41) is 0.417. The molecule has 4 heterocycles. The zero-order chi connectivity index (χ0) is 23.7. The highest BCUT2D eigenvalue weighted by molar-refractivity contribution is 9.10. The Morgan fingerprint density at radius 3 is 2.44 bits per heavy atom. The minimum Gasteiger partial charge on any atom is -0.474 e. The predicted molar refractivity (Wildman–Crippen MR) is 132 cm³/mol. The lowest BCUT2D eigenvalue weighted by Gasteiger charge is -2.29. The van der Waals surface area contributed by atoms with Gasteiger partial charge in [-0.2, -0.15) is 0 Å². The highest BCUT2D eigenvalue weighted by Crippen LogP contribution is 2.47. The zero-order valence-corrected chi connectivity index (χ0v) is 19.9. The van der Waals surface area contributed by atoms with Gasteiger partial charge in [0.1, 0.15) is 5.75 Å². The Kier molecular flexibility index (Phi) is 4.40. The maximum Gasteiger partial charge on any atom is 0.331 e. The molecule has 1 aliphatic heterocycles. The molecule has 2 N–H and O–H groups in total. The van der Waals surface area contributed by atoms with Gasteiger partial charge < -0.3 is 19.5 Å². The first-order chi connectivity index (χ1) is 16.4. The van der Waals surface area contributed by atoms with Gasteiger partial charge in [0.05, 0.1) is 28.0 Å². The van der Waals surface area contributed by atoms with Crippen LogP contribution in [-0.2, 0) is 14.1 Å². The standard InChI is InChI=1S/C25H19BrN4O4/c1-28-21-19(24(31)29(2)25(28)32)20(13-6-4-3-5-7-13)30-15-12-14(27)8-9-16(15)34-23(22(21)30)17-10-11-18(26)33-17/h3-12,23H,27H2,1-2H3. The van der Waals surface area contributed by atoms with E-state index in [0.29, 0.717) is 49.8 Å². The fourth-order valence-electron chi connectivity index (χ4n) is 4.71. The van der Waals surface area contributed by atoms with Gasteiger partial charge >= 0.3 is 5.69 Å². The van der Waals surface area contributed by atoms with Crippen LogP contribution in [-0.4, -0.2) is 13.7 Å². The Bertz CT molecular complexity index is 1730. The monoisotopic (exact) mass is 518 g/mol. The van der Waals surface area contributed by atoms with Gasteiger partial charge in [-0.25, -0.2) is 4.79 Å².